The van der Waals surface area contributed by atoms with Crippen molar-refractivity contribution >= 4 is 23.0 Å². The molecule has 8 heteroatoms. The fourth-order valence-electron chi connectivity index (χ4n) is 7.22. The summed E-state index contributed by atoms with van der Waals surface area (Å²) in [7, 11) is 0. The van der Waals surface area contributed by atoms with Crippen molar-refractivity contribution in [2.45, 2.75) is 112 Å². The van der Waals surface area contributed by atoms with Crippen molar-refractivity contribution in [3.63, 3.8) is 0 Å². The van der Waals surface area contributed by atoms with Crippen LogP contribution in [0.1, 0.15) is 84.2 Å². The van der Waals surface area contributed by atoms with Gasteiger partial charge in [0.2, 0.25) is 0 Å². The minimum absolute atomic E-state index is 0.564. The summed E-state index contributed by atoms with van der Waals surface area (Å²) in [5.41, 5.74) is 8.15. The molecule has 8 nitrogen and oxygen atoms in total. The molecule has 4 aromatic rings. The van der Waals surface area contributed by atoms with E-state index in [1.807, 2.05) is 49.2 Å². The number of hydrogen-bond donors (Lipinski definition) is 0. The summed E-state index contributed by atoms with van der Waals surface area (Å²) in [5, 5.41) is 0. The highest BCUT2D eigenvalue weighted by molar-refractivity contribution is 5.57. The van der Waals surface area contributed by atoms with E-state index in [-0.39, 0.29) is 0 Å². The Labute approximate surface area is 295 Å². The minimum Gasteiger partial charge on any atom is -0.367 e. The number of aryl methyl sites for hydroxylation is 1. The van der Waals surface area contributed by atoms with Crippen molar-refractivity contribution in [1.29, 1.82) is 0 Å². The van der Waals surface area contributed by atoms with Crippen LogP contribution in [-0.2, 0) is 25.7 Å². The Hall–Kier alpha value is -4.20. The molecule has 0 bridgehead atoms. The average Bonchev–Trinajstić information content (AvgIpc) is 3.86. The minimum atomic E-state index is 0.564. The van der Waals surface area contributed by atoms with Crippen LogP contribution in [0.15, 0.2) is 73.4 Å². The highest BCUT2D eigenvalue weighted by Crippen LogP contribution is 2.29. The molecule has 262 valence electrons. The molecule has 0 amide bonds. The van der Waals surface area contributed by atoms with Crippen molar-refractivity contribution in [3.05, 3.63) is 95.8 Å². The van der Waals surface area contributed by atoms with E-state index in [1.54, 1.807) is 0 Å². The maximum absolute atomic E-state index is 4.45. The standard InChI is InChI=1S/C11H16N2.3C10H14N2/c1-9(2)13-8-4-6-10-5-3-7-12-11(10)13;1-8(2)12-6-4-9-3-5-11-7-10(9)12;1-8(2)12-7-5-9-10(12)4-3-6-11-9;1-8(2)12-7-5-9-4-3-6-11-10(9)12/h3,5,7,9H,4,6,8H2,1-2H3;3,5,7-8H,4,6H2,1-2H3;2*3-4,6,8H,5,7H2,1-2H3. The Morgan fingerprint density at radius 1 is 0.469 bits per heavy atom. The highest BCUT2D eigenvalue weighted by Gasteiger charge is 2.23. The number of hydrogen-bond acceptors (Lipinski definition) is 8. The van der Waals surface area contributed by atoms with Crippen molar-refractivity contribution in [2.24, 2.45) is 0 Å². The Bertz CT molecular complexity index is 1480. The summed E-state index contributed by atoms with van der Waals surface area (Å²) in [6, 6.07) is 17.0. The molecule has 0 N–H and O–H groups in total. The van der Waals surface area contributed by atoms with Gasteiger partial charge in [-0.2, -0.15) is 0 Å². The number of pyridine rings is 4. The molecule has 0 unspecified atom stereocenters. The zero-order chi connectivity index (χ0) is 34.9. The molecule has 0 saturated heterocycles. The number of fused-ring (bicyclic) bond motifs is 4. The van der Waals surface area contributed by atoms with Gasteiger partial charge in [-0.1, -0.05) is 12.1 Å². The van der Waals surface area contributed by atoms with E-state index < -0.39 is 0 Å². The SMILES string of the molecule is CC(C)N1CCCc2cccnc21.CC(C)N1CCc2cccnc21.CC(C)N1CCc2ccncc21.CC(C)N1CCc2ncccc21. The van der Waals surface area contributed by atoms with E-state index in [2.05, 4.69) is 119 Å². The third kappa shape index (κ3) is 8.89. The van der Waals surface area contributed by atoms with Gasteiger partial charge in [0.15, 0.2) is 0 Å². The van der Waals surface area contributed by atoms with E-state index in [0.717, 1.165) is 39.0 Å². The second-order valence-corrected chi connectivity index (χ2v) is 14.4. The lowest BCUT2D eigenvalue weighted by atomic mass is 10.0. The van der Waals surface area contributed by atoms with Crippen LogP contribution >= 0.6 is 0 Å². The predicted octanol–water partition coefficient (Wildman–Crippen LogP) is 7.80. The lowest BCUT2D eigenvalue weighted by Gasteiger charge is -2.33. The topological polar surface area (TPSA) is 64.5 Å². The van der Waals surface area contributed by atoms with E-state index >= 15 is 0 Å². The van der Waals surface area contributed by atoms with E-state index in [1.165, 1.54) is 64.7 Å². The van der Waals surface area contributed by atoms with Gasteiger partial charge in [-0.05, 0) is 128 Å². The van der Waals surface area contributed by atoms with Crippen molar-refractivity contribution in [1.82, 2.24) is 19.9 Å². The van der Waals surface area contributed by atoms with Gasteiger partial charge in [-0.25, -0.2) is 9.97 Å². The first-order valence-corrected chi connectivity index (χ1v) is 18.5. The normalized spacial score (nSPS) is 15.6. The van der Waals surface area contributed by atoms with Crippen LogP contribution in [0.25, 0.3) is 0 Å². The molecule has 0 aliphatic carbocycles. The number of nitrogens with zero attached hydrogens (tertiary/aromatic N) is 8. The summed E-state index contributed by atoms with van der Waals surface area (Å²) in [5.74, 6) is 2.39. The predicted molar refractivity (Wildman–Crippen MR) is 206 cm³/mol. The number of anilines is 4. The van der Waals surface area contributed by atoms with E-state index in [9.17, 15) is 0 Å². The Kier molecular flexibility index (Phi) is 12.5. The molecule has 0 fully saturated rings. The molecule has 0 radical (unpaired) electrons. The molecule has 0 spiro atoms. The van der Waals surface area contributed by atoms with Crippen LogP contribution in [0.5, 0.6) is 0 Å². The molecule has 4 aromatic heterocycles. The maximum atomic E-state index is 4.45. The van der Waals surface area contributed by atoms with Gasteiger partial charge in [0.05, 0.1) is 23.3 Å². The monoisotopic (exact) mass is 662 g/mol. The van der Waals surface area contributed by atoms with Crippen molar-refractivity contribution in [3.8, 4) is 0 Å². The fraction of sp³-hybridized carbons (Fsp3) is 0.512. The number of aromatic nitrogens is 4. The fourth-order valence-corrected chi connectivity index (χ4v) is 7.22. The Balaban J connectivity index is 0.000000127. The first kappa shape index (κ1) is 36.1. The van der Waals surface area contributed by atoms with Gasteiger partial charge >= 0.3 is 0 Å². The summed E-state index contributed by atoms with van der Waals surface area (Å²) in [6.45, 7) is 22.3. The summed E-state index contributed by atoms with van der Waals surface area (Å²) < 4.78 is 0. The average molecular weight is 663 g/mol. The van der Waals surface area contributed by atoms with Crippen LogP contribution in [0.4, 0.5) is 23.0 Å². The van der Waals surface area contributed by atoms with Gasteiger partial charge in [0.1, 0.15) is 11.6 Å². The van der Waals surface area contributed by atoms with Gasteiger partial charge in [-0.15, -0.1) is 0 Å². The third-order valence-corrected chi connectivity index (χ3v) is 9.82. The molecule has 0 atom stereocenters. The lowest BCUT2D eigenvalue weighted by Crippen LogP contribution is -2.36. The van der Waals surface area contributed by atoms with Crippen molar-refractivity contribution < 1.29 is 0 Å². The molecule has 8 rings (SSSR count). The van der Waals surface area contributed by atoms with Gasteiger partial charge in [0, 0.05) is 81.6 Å². The first-order chi connectivity index (χ1) is 23.7. The van der Waals surface area contributed by atoms with Crippen molar-refractivity contribution in [2.75, 3.05) is 45.8 Å². The summed E-state index contributed by atoms with van der Waals surface area (Å²) >= 11 is 0. The zero-order valence-electron chi connectivity index (χ0n) is 31.2. The Morgan fingerprint density at radius 2 is 0.980 bits per heavy atom. The summed E-state index contributed by atoms with van der Waals surface area (Å²) in [4.78, 5) is 26.9. The molecule has 0 aromatic carbocycles. The van der Waals surface area contributed by atoms with E-state index in [0.29, 0.717) is 24.2 Å². The van der Waals surface area contributed by atoms with Crippen LogP contribution in [0.2, 0.25) is 0 Å². The highest BCUT2D eigenvalue weighted by atomic mass is 15.2. The quantitative estimate of drug-likeness (QED) is 0.219. The molecule has 8 heterocycles. The van der Waals surface area contributed by atoms with Crippen LogP contribution in [-0.4, -0.2) is 70.3 Å². The van der Waals surface area contributed by atoms with Gasteiger partial charge < -0.3 is 19.6 Å². The molecule has 49 heavy (non-hydrogen) atoms. The first-order valence-electron chi connectivity index (χ1n) is 18.5. The van der Waals surface area contributed by atoms with Gasteiger partial charge in [0.25, 0.3) is 0 Å². The zero-order valence-corrected chi connectivity index (χ0v) is 31.2. The van der Waals surface area contributed by atoms with Crippen LogP contribution in [0.3, 0.4) is 0 Å². The van der Waals surface area contributed by atoms with E-state index in [4.69, 9.17) is 0 Å². The molecule has 4 aliphatic heterocycles. The third-order valence-electron chi connectivity index (χ3n) is 9.82. The maximum Gasteiger partial charge on any atom is 0.132 e. The molecule has 4 aliphatic rings. The van der Waals surface area contributed by atoms with Crippen LogP contribution in [0, 0.1) is 0 Å². The van der Waals surface area contributed by atoms with Crippen LogP contribution < -0.4 is 19.6 Å². The Morgan fingerprint density at radius 3 is 1.63 bits per heavy atom. The smallest absolute Gasteiger partial charge is 0.132 e. The second-order valence-electron chi connectivity index (χ2n) is 14.4. The molecule has 0 saturated carbocycles. The molecular weight excluding hydrogens is 605 g/mol. The lowest BCUT2D eigenvalue weighted by molar-refractivity contribution is 0.615. The second kappa shape index (κ2) is 17.0. The van der Waals surface area contributed by atoms with Gasteiger partial charge in [-0.3, -0.25) is 9.97 Å². The largest absolute Gasteiger partial charge is 0.367 e. The number of rotatable bonds is 4. The molecular formula is C41H58N8. The summed E-state index contributed by atoms with van der Waals surface area (Å²) in [6.07, 6.45) is 15.4.